The van der Waals surface area contributed by atoms with Crippen LogP contribution in [0.15, 0.2) is 0 Å². The van der Waals surface area contributed by atoms with E-state index in [1.165, 1.54) is 0 Å². The summed E-state index contributed by atoms with van der Waals surface area (Å²) in [5.74, 6) is -1.83. The number of hydrazine groups is 2. The summed E-state index contributed by atoms with van der Waals surface area (Å²) < 4.78 is 10.9. The standard InChI is InChI=1S/C14H24N6O4S2/c21-11(17-19-13(25)15-7-9-3-1-5-23-9)12(22)18-20-14(26)16-8-10-4-2-6-24-10/h9-10H,1-8H2,(H,17,21)(H,18,22)(H2,15,19,25)(H2,16,20,26). The molecule has 0 saturated carbocycles. The zero-order valence-corrected chi connectivity index (χ0v) is 15.9. The van der Waals surface area contributed by atoms with Gasteiger partial charge in [0.1, 0.15) is 0 Å². The number of thiocarbonyl (C=S) groups is 2. The second kappa shape index (κ2) is 11.1. The molecular formula is C14H24N6O4S2. The molecule has 2 atom stereocenters. The van der Waals surface area contributed by atoms with Gasteiger partial charge in [0.05, 0.1) is 12.2 Å². The Hall–Kier alpha value is -1.76. The van der Waals surface area contributed by atoms with Crippen LogP contribution in [0, 0.1) is 0 Å². The largest absolute Gasteiger partial charge is 0.376 e. The third-order valence-electron chi connectivity index (χ3n) is 3.81. The summed E-state index contributed by atoms with van der Waals surface area (Å²) >= 11 is 10.0. The summed E-state index contributed by atoms with van der Waals surface area (Å²) in [6.45, 7) is 2.59. The molecule has 146 valence electrons. The van der Waals surface area contributed by atoms with E-state index in [2.05, 4.69) is 32.3 Å². The molecule has 2 saturated heterocycles. The fraction of sp³-hybridized carbons (Fsp3) is 0.714. The van der Waals surface area contributed by atoms with Crippen LogP contribution in [0.2, 0.25) is 0 Å². The molecule has 2 unspecified atom stereocenters. The Morgan fingerprint density at radius 1 is 0.769 bits per heavy atom. The van der Waals surface area contributed by atoms with E-state index < -0.39 is 11.8 Å². The summed E-state index contributed by atoms with van der Waals surface area (Å²) in [7, 11) is 0. The summed E-state index contributed by atoms with van der Waals surface area (Å²) in [5, 5.41) is 6.20. The SMILES string of the molecule is O=C(NNC(=S)NCC1CCCO1)C(=O)NNC(=S)NCC1CCCO1. The number of amides is 2. The van der Waals surface area contributed by atoms with Gasteiger partial charge in [-0.3, -0.25) is 31.3 Å². The molecule has 2 heterocycles. The van der Waals surface area contributed by atoms with Crippen LogP contribution in [0.3, 0.4) is 0 Å². The lowest BCUT2D eigenvalue weighted by Gasteiger charge is -2.15. The van der Waals surface area contributed by atoms with Gasteiger partial charge in [0.25, 0.3) is 0 Å². The maximum atomic E-state index is 11.7. The molecule has 2 aliphatic rings. The lowest BCUT2D eigenvalue weighted by molar-refractivity contribution is -0.139. The Balaban J connectivity index is 1.52. The van der Waals surface area contributed by atoms with Crippen molar-refractivity contribution in [2.45, 2.75) is 37.9 Å². The summed E-state index contributed by atoms with van der Waals surface area (Å²) in [5.41, 5.74) is 9.28. The molecule has 0 aromatic rings. The normalized spacial score (nSPS) is 21.5. The van der Waals surface area contributed by atoms with Gasteiger partial charge in [0.15, 0.2) is 10.2 Å². The third kappa shape index (κ3) is 7.64. The van der Waals surface area contributed by atoms with Gasteiger partial charge < -0.3 is 20.1 Å². The van der Waals surface area contributed by atoms with E-state index in [4.69, 9.17) is 33.9 Å². The van der Waals surface area contributed by atoms with Crippen molar-refractivity contribution in [1.29, 1.82) is 0 Å². The summed E-state index contributed by atoms with van der Waals surface area (Å²) in [6, 6.07) is 0. The van der Waals surface area contributed by atoms with Crippen molar-refractivity contribution in [2.75, 3.05) is 26.3 Å². The maximum absolute atomic E-state index is 11.7. The lowest BCUT2D eigenvalue weighted by atomic mass is 10.2. The Labute approximate surface area is 162 Å². The Kier molecular flexibility index (Phi) is 8.74. The highest BCUT2D eigenvalue weighted by atomic mass is 32.1. The van der Waals surface area contributed by atoms with Crippen molar-refractivity contribution < 1.29 is 19.1 Å². The van der Waals surface area contributed by atoms with Crippen LogP contribution < -0.4 is 32.3 Å². The Bertz CT molecular complexity index is 478. The highest BCUT2D eigenvalue weighted by Gasteiger charge is 2.17. The van der Waals surface area contributed by atoms with E-state index in [1.54, 1.807) is 0 Å². The number of hydrogen-bond donors (Lipinski definition) is 6. The third-order valence-corrected chi connectivity index (χ3v) is 4.31. The molecule has 2 aliphatic heterocycles. The summed E-state index contributed by atoms with van der Waals surface area (Å²) in [6.07, 6.45) is 4.22. The van der Waals surface area contributed by atoms with Crippen molar-refractivity contribution >= 4 is 46.5 Å². The molecule has 10 nitrogen and oxygen atoms in total. The minimum absolute atomic E-state index is 0.112. The van der Waals surface area contributed by atoms with Gasteiger partial charge in [-0.25, -0.2) is 0 Å². The van der Waals surface area contributed by atoms with Crippen molar-refractivity contribution in [3.8, 4) is 0 Å². The molecule has 12 heteroatoms. The average molecular weight is 405 g/mol. The van der Waals surface area contributed by atoms with E-state index in [-0.39, 0.29) is 22.4 Å². The molecule has 0 radical (unpaired) electrons. The molecule has 0 spiro atoms. The van der Waals surface area contributed by atoms with Crippen molar-refractivity contribution in [3.05, 3.63) is 0 Å². The van der Waals surface area contributed by atoms with Crippen LogP contribution in [0.5, 0.6) is 0 Å². The summed E-state index contributed by atoms with van der Waals surface area (Å²) in [4.78, 5) is 23.3. The van der Waals surface area contributed by atoms with Gasteiger partial charge in [-0.1, -0.05) is 0 Å². The number of ether oxygens (including phenoxy) is 2. The number of carbonyl (C=O) groups excluding carboxylic acids is 2. The molecule has 0 aliphatic carbocycles. The van der Waals surface area contributed by atoms with E-state index in [9.17, 15) is 9.59 Å². The Morgan fingerprint density at radius 3 is 1.54 bits per heavy atom. The zero-order chi connectivity index (χ0) is 18.8. The molecule has 2 rings (SSSR count). The molecule has 0 bridgehead atoms. The van der Waals surface area contributed by atoms with Crippen molar-refractivity contribution in [3.63, 3.8) is 0 Å². The van der Waals surface area contributed by atoms with Gasteiger partial charge in [-0.05, 0) is 50.1 Å². The van der Waals surface area contributed by atoms with E-state index in [1.807, 2.05) is 0 Å². The first kappa shape index (κ1) is 20.6. The molecule has 6 N–H and O–H groups in total. The van der Waals surface area contributed by atoms with E-state index >= 15 is 0 Å². The van der Waals surface area contributed by atoms with Gasteiger partial charge in [0, 0.05) is 26.3 Å². The van der Waals surface area contributed by atoms with Gasteiger partial charge in [-0.2, -0.15) is 0 Å². The maximum Gasteiger partial charge on any atom is 0.329 e. The minimum atomic E-state index is -0.916. The smallest absolute Gasteiger partial charge is 0.329 e. The predicted octanol–water partition coefficient (Wildman–Crippen LogP) is -1.66. The highest BCUT2D eigenvalue weighted by Crippen LogP contribution is 2.10. The molecule has 0 aromatic carbocycles. The van der Waals surface area contributed by atoms with E-state index in [0.29, 0.717) is 13.1 Å². The van der Waals surface area contributed by atoms with Crippen LogP contribution in [0.25, 0.3) is 0 Å². The highest BCUT2D eigenvalue weighted by molar-refractivity contribution is 7.80. The number of rotatable bonds is 4. The number of nitrogens with one attached hydrogen (secondary N) is 6. The van der Waals surface area contributed by atoms with E-state index in [0.717, 1.165) is 38.9 Å². The first-order valence-corrected chi connectivity index (χ1v) is 9.27. The van der Waals surface area contributed by atoms with Crippen LogP contribution in [0.4, 0.5) is 0 Å². The second-order valence-electron chi connectivity index (χ2n) is 5.85. The molecule has 2 amide bonds. The fourth-order valence-corrected chi connectivity index (χ4v) is 2.72. The fourth-order valence-electron chi connectivity index (χ4n) is 2.45. The van der Waals surface area contributed by atoms with Gasteiger partial charge >= 0.3 is 11.8 Å². The molecule has 2 fully saturated rings. The Morgan fingerprint density at radius 2 is 1.19 bits per heavy atom. The average Bonchev–Trinajstić information content (AvgIpc) is 3.34. The molecular weight excluding hydrogens is 380 g/mol. The first-order valence-electron chi connectivity index (χ1n) is 8.46. The van der Waals surface area contributed by atoms with Crippen molar-refractivity contribution in [2.24, 2.45) is 0 Å². The molecule has 0 aromatic heterocycles. The number of carbonyl (C=O) groups is 2. The van der Waals surface area contributed by atoms with Crippen LogP contribution in [0.1, 0.15) is 25.7 Å². The number of hydrogen-bond acceptors (Lipinski definition) is 6. The van der Waals surface area contributed by atoms with Crippen LogP contribution >= 0.6 is 24.4 Å². The topological polar surface area (TPSA) is 125 Å². The first-order chi connectivity index (χ1) is 12.5. The van der Waals surface area contributed by atoms with Gasteiger partial charge in [0.2, 0.25) is 0 Å². The van der Waals surface area contributed by atoms with Crippen LogP contribution in [-0.4, -0.2) is 60.6 Å². The van der Waals surface area contributed by atoms with Gasteiger partial charge in [-0.15, -0.1) is 0 Å². The quantitative estimate of drug-likeness (QED) is 0.184. The molecule has 26 heavy (non-hydrogen) atoms. The zero-order valence-electron chi connectivity index (χ0n) is 14.3. The lowest BCUT2D eigenvalue weighted by Crippen LogP contribution is -2.56. The van der Waals surface area contributed by atoms with Crippen LogP contribution in [-0.2, 0) is 19.1 Å². The second-order valence-corrected chi connectivity index (χ2v) is 6.66. The van der Waals surface area contributed by atoms with Crippen molar-refractivity contribution in [1.82, 2.24) is 32.3 Å². The monoisotopic (exact) mass is 404 g/mol. The minimum Gasteiger partial charge on any atom is -0.376 e. The predicted molar refractivity (Wildman–Crippen MR) is 102 cm³/mol.